The number of amides is 2. The molecule has 216 valence electrons. The number of H-pyrrole nitrogens is 1. The summed E-state index contributed by atoms with van der Waals surface area (Å²) in [6, 6.07) is 16.5. The lowest BCUT2D eigenvalue weighted by Gasteiger charge is -2.29. The molecule has 8 nitrogen and oxygen atoms in total. The molecule has 2 heterocycles. The molecule has 0 fully saturated rings. The number of methoxy groups -OCH3 is 1. The summed E-state index contributed by atoms with van der Waals surface area (Å²) in [7, 11) is 2.84. The highest BCUT2D eigenvalue weighted by Crippen LogP contribution is 2.41. The van der Waals surface area contributed by atoms with Gasteiger partial charge >= 0.3 is 5.97 Å². The van der Waals surface area contributed by atoms with Crippen molar-refractivity contribution in [3.63, 3.8) is 0 Å². The maximum atomic E-state index is 13.7. The first-order valence-electron chi connectivity index (χ1n) is 13.6. The molecular weight excluding hydrogens is 537 g/mol. The Morgan fingerprint density at radius 2 is 1.74 bits per heavy atom. The minimum atomic E-state index is -1.20. The Morgan fingerprint density at radius 3 is 2.40 bits per heavy atom. The van der Waals surface area contributed by atoms with Crippen LogP contribution in [0.5, 0.6) is 0 Å². The van der Waals surface area contributed by atoms with Crippen molar-refractivity contribution >= 4 is 39.7 Å². The van der Waals surface area contributed by atoms with Gasteiger partial charge in [-0.05, 0) is 73.4 Å². The number of aromatic amines is 1. The lowest BCUT2D eigenvalue weighted by molar-refractivity contribution is -0.148. The van der Waals surface area contributed by atoms with Crippen molar-refractivity contribution in [2.75, 3.05) is 14.2 Å². The highest BCUT2D eigenvalue weighted by molar-refractivity contribution is 6.19. The average molecular weight is 570 g/mol. The van der Waals surface area contributed by atoms with Gasteiger partial charge in [0.2, 0.25) is 0 Å². The number of fused-ring (bicyclic) bond motifs is 3. The number of esters is 1. The third-order valence-corrected chi connectivity index (χ3v) is 7.33. The lowest BCUT2D eigenvalue weighted by Crippen LogP contribution is -2.53. The van der Waals surface area contributed by atoms with Crippen LogP contribution in [-0.2, 0) is 9.53 Å². The number of furan rings is 1. The van der Waals surface area contributed by atoms with E-state index in [9.17, 15) is 18.8 Å². The minimum absolute atomic E-state index is 0.137. The number of hydrogen-bond acceptors (Lipinski definition) is 5. The summed E-state index contributed by atoms with van der Waals surface area (Å²) in [5, 5.41) is 6.87. The Hall–Kier alpha value is -4.92. The Balaban J connectivity index is 1.64. The van der Waals surface area contributed by atoms with Gasteiger partial charge < -0.3 is 24.8 Å². The number of hydrogen-bond donors (Lipinski definition) is 3. The molecule has 0 aliphatic heterocycles. The molecule has 3 aromatic carbocycles. The normalized spacial score (nSPS) is 12.8. The monoisotopic (exact) mass is 569 g/mol. The van der Waals surface area contributed by atoms with Crippen LogP contribution < -0.4 is 10.6 Å². The third kappa shape index (κ3) is 5.13. The Morgan fingerprint density at radius 1 is 1.00 bits per heavy atom. The van der Waals surface area contributed by atoms with E-state index in [1.165, 1.54) is 26.3 Å². The molecule has 0 saturated carbocycles. The van der Waals surface area contributed by atoms with Gasteiger partial charge in [-0.25, -0.2) is 9.18 Å². The van der Waals surface area contributed by atoms with Gasteiger partial charge in [-0.2, -0.15) is 0 Å². The van der Waals surface area contributed by atoms with E-state index in [0.29, 0.717) is 45.4 Å². The fraction of sp³-hybridized carbons (Fsp3) is 0.242. The second-order valence-electron chi connectivity index (χ2n) is 10.9. The third-order valence-electron chi connectivity index (χ3n) is 7.33. The summed E-state index contributed by atoms with van der Waals surface area (Å²) >= 11 is 0. The molecule has 0 radical (unpaired) electrons. The number of benzene rings is 3. The summed E-state index contributed by atoms with van der Waals surface area (Å²) in [6.45, 7) is 5.60. The number of ether oxygens (including phenoxy) is 1. The highest BCUT2D eigenvalue weighted by atomic mass is 19.1. The molecule has 2 amide bonds. The first-order chi connectivity index (χ1) is 20.1. The van der Waals surface area contributed by atoms with E-state index in [1.54, 1.807) is 43.5 Å². The van der Waals surface area contributed by atoms with Crippen molar-refractivity contribution < 1.29 is 27.9 Å². The second-order valence-corrected chi connectivity index (χ2v) is 10.9. The lowest BCUT2D eigenvalue weighted by atomic mass is 9.90. The van der Waals surface area contributed by atoms with Crippen molar-refractivity contribution in [2.45, 2.75) is 32.7 Å². The number of carbonyl (C=O) groups is 3. The number of aromatic nitrogens is 1. The summed E-state index contributed by atoms with van der Waals surface area (Å²) in [4.78, 5) is 42.4. The quantitative estimate of drug-likeness (QED) is 0.186. The van der Waals surface area contributed by atoms with Crippen molar-refractivity contribution in [3.8, 4) is 22.5 Å². The van der Waals surface area contributed by atoms with E-state index >= 15 is 0 Å². The van der Waals surface area contributed by atoms with Crippen LogP contribution in [0.2, 0.25) is 0 Å². The molecule has 9 heteroatoms. The van der Waals surface area contributed by atoms with Gasteiger partial charge in [0.15, 0.2) is 0 Å². The average Bonchev–Trinajstić information content (AvgIpc) is 3.61. The smallest absolute Gasteiger partial charge is 0.331 e. The topological polar surface area (TPSA) is 113 Å². The van der Waals surface area contributed by atoms with Crippen LogP contribution in [0.3, 0.4) is 0 Å². The largest absolute Gasteiger partial charge is 0.467 e. The van der Waals surface area contributed by atoms with E-state index in [0.717, 1.165) is 16.5 Å². The number of halogens is 1. The summed E-state index contributed by atoms with van der Waals surface area (Å²) < 4.78 is 24.9. The molecule has 5 rings (SSSR count). The van der Waals surface area contributed by atoms with E-state index in [2.05, 4.69) is 15.6 Å². The molecular formula is C33H32FN3O5. The van der Waals surface area contributed by atoms with Crippen LogP contribution in [0.4, 0.5) is 4.39 Å². The summed E-state index contributed by atoms with van der Waals surface area (Å²) in [6.07, 6.45) is 2.18. The first kappa shape index (κ1) is 28.6. The molecule has 5 aromatic rings. The van der Waals surface area contributed by atoms with Crippen molar-refractivity contribution in [3.05, 3.63) is 83.8 Å². The molecule has 0 spiro atoms. The molecule has 0 aliphatic rings. The minimum Gasteiger partial charge on any atom is -0.467 e. The van der Waals surface area contributed by atoms with Gasteiger partial charge in [-0.15, -0.1) is 0 Å². The number of rotatable bonds is 8. The Labute approximate surface area is 242 Å². The highest BCUT2D eigenvalue weighted by Gasteiger charge is 2.37. The van der Waals surface area contributed by atoms with Crippen LogP contribution in [-0.4, -0.2) is 42.5 Å². The van der Waals surface area contributed by atoms with Gasteiger partial charge in [-0.3, -0.25) is 9.59 Å². The summed E-state index contributed by atoms with van der Waals surface area (Å²) in [5.41, 5.74) is 2.76. The van der Waals surface area contributed by atoms with Crippen LogP contribution in [0.25, 0.3) is 44.3 Å². The van der Waals surface area contributed by atoms with Crippen LogP contribution in [0.15, 0.2) is 71.3 Å². The first-order valence-corrected chi connectivity index (χ1v) is 13.6. The van der Waals surface area contributed by atoms with E-state index in [-0.39, 0.29) is 11.8 Å². The SMILES string of the molecule is CNC(=O)c1c(-c2ccc(F)cc2)oc2c1cc(-c1cccc(C(=O)NC(C)(CC(C)C)C(=O)OC)c1)c1[nH]ccc12. The maximum Gasteiger partial charge on any atom is 0.331 e. The zero-order valence-electron chi connectivity index (χ0n) is 24.1. The molecule has 0 saturated heterocycles. The zero-order valence-corrected chi connectivity index (χ0v) is 24.1. The number of nitrogens with one attached hydrogen (secondary N) is 3. The van der Waals surface area contributed by atoms with Gasteiger partial charge in [0.25, 0.3) is 11.8 Å². The van der Waals surface area contributed by atoms with Crippen LogP contribution in [0, 0.1) is 11.7 Å². The predicted octanol–water partition coefficient (Wildman–Crippen LogP) is 6.45. The van der Waals surface area contributed by atoms with Gasteiger partial charge in [0.1, 0.15) is 22.7 Å². The Bertz CT molecular complexity index is 1820. The van der Waals surface area contributed by atoms with Crippen LogP contribution in [0.1, 0.15) is 47.9 Å². The van der Waals surface area contributed by atoms with Gasteiger partial charge in [0, 0.05) is 40.7 Å². The van der Waals surface area contributed by atoms with E-state index < -0.39 is 23.2 Å². The second kappa shape index (κ2) is 11.2. The van der Waals surface area contributed by atoms with Crippen molar-refractivity contribution in [1.82, 2.24) is 15.6 Å². The fourth-order valence-corrected chi connectivity index (χ4v) is 5.54. The molecule has 2 aromatic heterocycles. The standard InChI is InChI=1S/C33H32FN3O5/c1-18(2)17-33(3,32(40)41-5)37-30(38)21-8-6-7-20(15-21)24-16-25-26(31(39)35-4)28(19-9-11-22(34)12-10-19)42-29(25)23-13-14-36-27(23)24/h6-16,18,36H,17H2,1-5H3,(H,35,39)(H,37,38). The molecule has 1 atom stereocenters. The van der Waals surface area contributed by atoms with E-state index in [4.69, 9.17) is 9.15 Å². The van der Waals surface area contributed by atoms with E-state index in [1.807, 2.05) is 32.0 Å². The van der Waals surface area contributed by atoms with Gasteiger partial charge in [-0.1, -0.05) is 26.0 Å². The molecule has 0 bridgehead atoms. The van der Waals surface area contributed by atoms with Crippen molar-refractivity contribution in [1.29, 1.82) is 0 Å². The number of carbonyl (C=O) groups excluding carboxylic acids is 3. The molecule has 3 N–H and O–H groups in total. The molecule has 1 unspecified atom stereocenters. The van der Waals surface area contributed by atoms with Crippen LogP contribution >= 0.6 is 0 Å². The molecule has 0 aliphatic carbocycles. The zero-order chi connectivity index (χ0) is 30.2. The fourth-order valence-electron chi connectivity index (χ4n) is 5.54. The predicted molar refractivity (Wildman–Crippen MR) is 160 cm³/mol. The van der Waals surface area contributed by atoms with Crippen molar-refractivity contribution in [2.24, 2.45) is 5.92 Å². The maximum absolute atomic E-state index is 13.7. The Kier molecular flexibility index (Phi) is 7.60. The van der Waals surface area contributed by atoms with Gasteiger partial charge in [0.05, 0.1) is 18.2 Å². The summed E-state index contributed by atoms with van der Waals surface area (Å²) in [5.74, 6) is -1.22. The molecule has 42 heavy (non-hydrogen) atoms.